The summed E-state index contributed by atoms with van der Waals surface area (Å²) in [6.45, 7) is 0.349. The van der Waals surface area contributed by atoms with E-state index in [-0.39, 0.29) is 0 Å². The molecule has 5 heteroatoms. The summed E-state index contributed by atoms with van der Waals surface area (Å²) in [5.74, 6) is 0. The van der Waals surface area contributed by atoms with Crippen molar-refractivity contribution in [1.29, 1.82) is 0 Å². The molecule has 82 valence electrons. The smallest absolute Gasteiger partial charge is 0.328 e. The zero-order chi connectivity index (χ0) is 11.5. The molecule has 0 fully saturated rings. The third-order valence-electron chi connectivity index (χ3n) is 2.29. The summed E-state index contributed by atoms with van der Waals surface area (Å²) in [6, 6.07) is 8.59. The molecule has 0 unspecified atom stereocenters. The Morgan fingerprint density at radius 2 is 1.94 bits per heavy atom. The van der Waals surface area contributed by atoms with Gasteiger partial charge in [-0.05, 0) is 11.6 Å². The van der Waals surface area contributed by atoms with Crippen molar-refractivity contribution >= 4 is 5.69 Å². The highest BCUT2D eigenvalue weighted by Crippen LogP contribution is 2.10. The number of hydrogen-bond donors (Lipinski definition) is 2. The summed E-state index contributed by atoms with van der Waals surface area (Å²) in [5, 5.41) is 0. The Morgan fingerprint density at radius 1 is 1.19 bits per heavy atom. The van der Waals surface area contributed by atoms with Gasteiger partial charge in [-0.15, -0.1) is 0 Å². The second-order valence-electron chi connectivity index (χ2n) is 3.44. The molecule has 16 heavy (non-hydrogen) atoms. The summed E-state index contributed by atoms with van der Waals surface area (Å²) in [6.07, 6.45) is 1.45. The van der Waals surface area contributed by atoms with Crippen LogP contribution in [0.5, 0.6) is 0 Å². The van der Waals surface area contributed by atoms with Crippen LogP contribution in [0.3, 0.4) is 0 Å². The number of para-hydroxylation sites is 1. The fourth-order valence-corrected chi connectivity index (χ4v) is 1.43. The van der Waals surface area contributed by atoms with Gasteiger partial charge < -0.3 is 5.73 Å². The Labute approximate surface area is 91.2 Å². The maximum Gasteiger partial charge on any atom is 0.328 e. The number of benzene rings is 1. The summed E-state index contributed by atoms with van der Waals surface area (Å²) in [5.41, 5.74) is 6.40. The number of nitrogens with zero attached hydrogens (tertiary/aromatic N) is 1. The van der Waals surface area contributed by atoms with Crippen molar-refractivity contribution < 1.29 is 0 Å². The largest absolute Gasteiger partial charge is 0.398 e. The predicted molar refractivity (Wildman–Crippen MR) is 61.3 cm³/mol. The Kier molecular flexibility index (Phi) is 2.59. The number of nitrogens with two attached hydrogens (primary N) is 1. The Morgan fingerprint density at radius 3 is 2.62 bits per heavy atom. The van der Waals surface area contributed by atoms with E-state index in [0.29, 0.717) is 12.2 Å². The molecule has 0 bridgehead atoms. The monoisotopic (exact) mass is 217 g/mol. The predicted octanol–water partition coefficient (Wildman–Crippen LogP) is 0.167. The van der Waals surface area contributed by atoms with Crippen molar-refractivity contribution in [3.8, 4) is 0 Å². The SMILES string of the molecule is Nc1ccccc1Cn1ccc(=O)[nH]c1=O. The number of nitrogen functional groups attached to an aromatic ring is 1. The van der Waals surface area contributed by atoms with E-state index < -0.39 is 11.2 Å². The van der Waals surface area contributed by atoms with Gasteiger partial charge >= 0.3 is 5.69 Å². The number of aromatic nitrogens is 2. The van der Waals surface area contributed by atoms with Gasteiger partial charge in [0, 0.05) is 18.0 Å². The molecule has 1 heterocycles. The van der Waals surface area contributed by atoms with Crippen molar-refractivity contribution in [2.75, 3.05) is 5.73 Å². The van der Waals surface area contributed by atoms with Gasteiger partial charge in [0.15, 0.2) is 0 Å². The average molecular weight is 217 g/mol. The molecule has 0 aliphatic rings. The lowest BCUT2D eigenvalue weighted by Gasteiger charge is -2.06. The van der Waals surface area contributed by atoms with E-state index in [4.69, 9.17) is 5.73 Å². The van der Waals surface area contributed by atoms with E-state index in [2.05, 4.69) is 4.98 Å². The van der Waals surface area contributed by atoms with Crippen LogP contribution in [0.2, 0.25) is 0 Å². The van der Waals surface area contributed by atoms with Crippen molar-refractivity contribution in [1.82, 2.24) is 9.55 Å². The van der Waals surface area contributed by atoms with Crippen molar-refractivity contribution in [3.05, 3.63) is 62.9 Å². The quantitative estimate of drug-likeness (QED) is 0.703. The third-order valence-corrected chi connectivity index (χ3v) is 2.29. The lowest BCUT2D eigenvalue weighted by atomic mass is 10.2. The molecule has 0 spiro atoms. The molecule has 1 aromatic heterocycles. The second-order valence-corrected chi connectivity index (χ2v) is 3.44. The summed E-state index contributed by atoms with van der Waals surface area (Å²) >= 11 is 0. The number of aromatic amines is 1. The summed E-state index contributed by atoms with van der Waals surface area (Å²) in [7, 11) is 0. The molecule has 2 aromatic rings. The van der Waals surface area contributed by atoms with Crippen molar-refractivity contribution in [3.63, 3.8) is 0 Å². The lowest BCUT2D eigenvalue weighted by molar-refractivity contribution is 0.722. The maximum absolute atomic E-state index is 11.4. The van der Waals surface area contributed by atoms with Gasteiger partial charge in [0.1, 0.15) is 0 Å². The Hall–Kier alpha value is -2.30. The minimum Gasteiger partial charge on any atom is -0.398 e. The normalized spacial score (nSPS) is 10.2. The van der Waals surface area contributed by atoms with Crippen LogP contribution in [0.1, 0.15) is 5.56 Å². The summed E-state index contributed by atoms with van der Waals surface area (Å²) in [4.78, 5) is 24.5. The topological polar surface area (TPSA) is 80.9 Å². The highest BCUT2D eigenvalue weighted by molar-refractivity contribution is 5.46. The van der Waals surface area contributed by atoms with Gasteiger partial charge in [0.05, 0.1) is 6.54 Å². The molecular weight excluding hydrogens is 206 g/mol. The number of nitrogens with one attached hydrogen (secondary N) is 1. The van der Waals surface area contributed by atoms with Crippen LogP contribution < -0.4 is 17.0 Å². The van der Waals surface area contributed by atoms with Gasteiger partial charge in [0.25, 0.3) is 5.56 Å². The van der Waals surface area contributed by atoms with Crippen LogP contribution in [0, 0.1) is 0 Å². The molecule has 3 N–H and O–H groups in total. The molecule has 1 aromatic carbocycles. The number of H-pyrrole nitrogens is 1. The number of rotatable bonds is 2. The Bertz CT molecular complexity index is 613. The van der Waals surface area contributed by atoms with Crippen LogP contribution in [0.15, 0.2) is 46.1 Å². The molecule has 5 nitrogen and oxygen atoms in total. The van der Waals surface area contributed by atoms with E-state index in [1.54, 1.807) is 6.07 Å². The molecule has 0 amide bonds. The van der Waals surface area contributed by atoms with Gasteiger partial charge in [-0.25, -0.2) is 4.79 Å². The first-order valence-corrected chi connectivity index (χ1v) is 4.80. The van der Waals surface area contributed by atoms with Crippen LogP contribution in [0.25, 0.3) is 0 Å². The average Bonchev–Trinajstić information content (AvgIpc) is 2.25. The highest BCUT2D eigenvalue weighted by atomic mass is 16.2. The molecule has 2 rings (SSSR count). The fourth-order valence-electron chi connectivity index (χ4n) is 1.43. The van der Waals surface area contributed by atoms with Crippen molar-refractivity contribution in [2.24, 2.45) is 0 Å². The molecule has 0 radical (unpaired) electrons. The number of hydrogen-bond acceptors (Lipinski definition) is 3. The van der Waals surface area contributed by atoms with Crippen LogP contribution in [0.4, 0.5) is 5.69 Å². The van der Waals surface area contributed by atoms with Gasteiger partial charge in [-0.2, -0.15) is 0 Å². The standard InChI is InChI=1S/C11H11N3O2/c12-9-4-2-1-3-8(9)7-14-6-5-10(15)13-11(14)16/h1-6H,7,12H2,(H,13,15,16). The van der Waals surface area contributed by atoms with Gasteiger partial charge in [-0.3, -0.25) is 14.3 Å². The molecule has 0 saturated heterocycles. The zero-order valence-corrected chi connectivity index (χ0v) is 8.51. The van der Waals surface area contributed by atoms with Gasteiger partial charge in [0.2, 0.25) is 0 Å². The van der Waals surface area contributed by atoms with E-state index in [9.17, 15) is 9.59 Å². The van der Waals surface area contributed by atoms with E-state index in [0.717, 1.165) is 5.56 Å². The minimum absolute atomic E-state index is 0.349. The lowest BCUT2D eigenvalue weighted by Crippen LogP contribution is -2.29. The molecule has 0 atom stereocenters. The zero-order valence-electron chi connectivity index (χ0n) is 8.51. The number of anilines is 1. The van der Waals surface area contributed by atoms with Gasteiger partial charge in [-0.1, -0.05) is 18.2 Å². The molecule has 0 aliphatic heterocycles. The molecule has 0 saturated carbocycles. The van der Waals surface area contributed by atoms with E-state index in [1.165, 1.54) is 16.8 Å². The Balaban J connectivity index is 2.38. The third kappa shape index (κ3) is 2.03. The summed E-state index contributed by atoms with van der Waals surface area (Å²) < 4.78 is 1.40. The van der Waals surface area contributed by atoms with Crippen molar-refractivity contribution in [2.45, 2.75) is 6.54 Å². The van der Waals surface area contributed by atoms with Crippen LogP contribution >= 0.6 is 0 Å². The minimum atomic E-state index is -0.434. The van der Waals surface area contributed by atoms with E-state index in [1.807, 2.05) is 18.2 Å². The fraction of sp³-hybridized carbons (Fsp3) is 0.0909. The van der Waals surface area contributed by atoms with Crippen LogP contribution in [-0.4, -0.2) is 9.55 Å². The first-order chi connectivity index (χ1) is 7.66. The second kappa shape index (κ2) is 4.06. The molecular formula is C11H11N3O2. The first-order valence-electron chi connectivity index (χ1n) is 4.80. The van der Waals surface area contributed by atoms with Crippen LogP contribution in [-0.2, 0) is 6.54 Å². The maximum atomic E-state index is 11.4. The highest BCUT2D eigenvalue weighted by Gasteiger charge is 2.01. The first kappa shape index (κ1) is 10.2. The van der Waals surface area contributed by atoms with E-state index >= 15 is 0 Å². The molecule has 0 aliphatic carbocycles.